The fourth-order valence-electron chi connectivity index (χ4n) is 8.24. The first-order valence-corrected chi connectivity index (χ1v) is 10.1. The maximum atomic E-state index is 11.8. The van der Waals surface area contributed by atoms with Crippen LogP contribution in [0, 0.1) is 28.6 Å². The summed E-state index contributed by atoms with van der Waals surface area (Å²) >= 11 is 0. The lowest BCUT2D eigenvalue weighted by atomic mass is 9.56. The van der Waals surface area contributed by atoms with E-state index in [-0.39, 0.29) is 12.5 Å². The zero-order valence-electron chi connectivity index (χ0n) is 16.3. The van der Waals surface area contributed by atoms with Gasteiger partial charge >= 0.3 is 0 Å². The van der Waals surface area contributed by atoms with Gasteiger partial charge in [0.1, 0.15) is 11.7 Å². The molecule has 5 fully saturated rings. The van der Waals surface area contributed by atoms with Gasteiger partial charge < -0.3 is 35.4 Å². The second-order valence-electron chi connectivity index (χ2n) is 11.0. The van der Waals surface area contributed by atoms with Crippen LogP contribution in [-0.4, -0.2) is 78.0 Å². The van der Waals surface area contributed by atoms with Crippen LogP contribution in [0.4, 0.5) is 0 Å². The van der Waals surface area contributed by atoms with Crippen LogP contribution in [-0.2, 0) is 4.74 Å². The molecule has 0 radical (unpaired) electrons. The average Bonchev–Trinajstić information content (AvgIpc) is 3.28. The number of fused-ring (bicyclic) bond motifs is 4. The minimum Gasteiger partial charge on any atom is -0.392 e. The minimum atomic E-state index is -1.76. The van der Waals surface area contributed by atoms with Crippen molar-refractivity contribution in [3.63, 3.8) is 0 Å². The average molecular weight is 384 g/mol. The lowest BCUT2D eigenvalue weighted by Gasteiger charge is -2.52. The van der Waals surface area contributed by atoms with Crippen molar-refractivity contribution in [3.05, 3.63) is 0 Å². The van der Waals surface area contributed by atoms with Crippen molar-refractivity contribution >= 4 is 0 Å². The second-order valence-corrected chi connectivity index (χ2v) is 11.0. The van der Waals surface area contributed by atoms with Crippen LogP contribution in [0.5, 0.6) is 0 Å². The molecule has 4 aliphatic carbocycles. The number of rotatable bonds is 0. The number of hydrogen-bond donors (Lipinski definition) is 6. The van der Waals surface area contributed by atoms with Crippen molar-refractivity contribution in [1.82, 2.24) is 0 Å². The molecular formula is C20H32O7. The van der Waals surface area contributed by atoms with E-state index < -0.39 is 69.8 Å². The van der Waals surface area contributed by atoms with E-state index in [0.29, 0.717) is 12.8 Å². The summed E-state index contributed by atoms with van der Waals surface area (Å²) < 4.78 is 5.78. The molecule has 2 bridgehead atoms. The molecule has 12 unspecified atom stereocenters. The van der Waals surface area contributed by atoms with Gasteiger partial charge in [0.15, 0.2) is 0 Å². The third-order valence-corrected chi connectivity index (χ3v) is 9.52. The van der Waals surface area contributed by atoms with Crippen molar-refractivity contribution in [3.8, 4) is 0 Å². The van der Waals surface area contributed by atoms with Gasteiger partial charge in [0, 0.05) is 22.7 Å². The van der Waals surface area contributed by atoms with Gasteiger partial charge in [-0.05, 0) is 39.0 Å². The van der Waals surface area contributed by atoms with Gasteiger partial charge in [-0.15, -0.1) is 0 Å². The van der Waals surface area contributed by atoms with Crippen LogP contribution >= 0.6 is 0 Å². The zero-order chi connectivity index (χ0) is 19.9. The van der Waals surface area contributed by atoms with Gasteiger partial charge in [-0.2, -0.15) is 0 Å². The third kappa shape index (κ3) is 1.72. The van der Waals surface area contributed by atoms with E-state index in [2.05, 4.69) is 0 Å². The van der Waals surface area contributed by atoms with Crippen LogP contribution in [0.2, 0.25) is 0 Å². The Bertz CT molecular complexity index is 690. The highest BCUT2D eigenvalue weighted by atomic mass is 16.6. The normalized spacial score (nSPS) is 68.7. The van der Waals surface area contributed by atoms with Gasteiger partial charge in [0.2, 0.25) is 0 Å². The summed E-state index contributed by atoms with van der Waals surface area (Å²) in [5.74, 6) is -1.79. The lowest BCUT2D eigenvalue weighted by molar-refractivity contribution is -0.233. The topological polar surface area (TPSA) is 134 Å². The van der Waals surface area contributed by atoms with Gasteiger partial charge in [0.05, 0.1) is 35.6 Å². The van der Waals surface area contributed by atoms with Crippen molar-refractivity contribution in [2.24, 2.45) is 28.6 Å². The van der Waals surface area contributed by atoms with E-state index in [9.17, 15) is 30.6 Å². The Kier molecular flexibility index (Phi) is 3.27. The molecule has 7 nitrogen and oxygen atoms in total. The van der Waals surface area contributed by atoms with E-state index in [4.69, 9.17) is 4.74 Å². The van der Waals surface area contributed by atoms with Gasteiger partial charge in [-0.25, -0.2) is 0 Å². The third-order valence-electron chi connectivity index (χ3n) is 9.52. The quantitative estimate of drug-likeness (QED) is 0.300. The second kappa shape index (κ2) is 4.72. The van der Waals surface area contributed by atoms with E-state index in [1.807, 2.05) is 0 Å². The summed E-state index contributed by atoms with van der Waals surface area (Å²) in [6, 6.07) is 0. The highest BCUT2D eigenvalue weighted by molar-refractivity contribution is 5.33. The summed E-state index contributed by atoms with van der Waals surface area (Å²) in [5.41, 5.74) is -6.61. The molecule has 1 spiro atoms. The summed E-state index contributed by atoms with van der Waals surface area (Å²) in [6.45, 7) is 6.87. The van der Waals surface area contributed by atoms with Crippen LogP contribution in [0.15, 0.2) is 0 Å². The van der Waals surface area contributed by atoms with Crippen LogP contribution < -0.4 is 0 Å². The highest BCUT2D eigenvalue weighted by Crippen LogP contribution is 2.72. The molecule has 154 valence electrons. The molecule has 1 heterocycles. The zero-order valence-corrected chi connectivity index (χ0v) is 16.3. The van der Waals surface area contributed by atoms with Gasteiger partial charge in [-0.1, -0.05) is 13.8 Å². The molecule has 27 heavy (non-hydrogen) atoms. The SMILES string of the molecule is CC1(O)CC23C(O)C1CCC2C(C)(O)C1C2OC2C(C)(C)C1(O)C(O)C3O. The molecule has 5 aliphatic rings. The van der Waals surface area contributed by atoms with Crippen molar-refractivity contribution < 1.29 is 35.4 Å². The smallest absolute Gasteiger partial charge is 0.110 e. The predicted molar refractivity (Wildman–Crippen MR) is 93.4 cm³/mol. The molecule has 7 heteroatoms. The first kappa shape index (κ1) is 18.7. The Labute approximate surface area is 159 Å². The van der Waals surface area contributed by atoms with Crippen molar-refractivity contribution in [2.45, 2.75) is 94.3 Å². The molecule has 1 saturated heterocycles. The van der Waals surface area contributed by atoms with Crippen LogP contribution in [0.25, 0.3) is 0 Å². The van der Waals surface area contributed by atoms with Gasteiger partial charge in [0.25, 0.3) is 0 Å². The number of hydrogen-bond acceptors (Lipinski definition) is 7. The molecule has 6 N–H and O–H groups in total. The molecule has 4 saturated carbocycles. The maximum Gasteiger partial charge on any atom is 0.110 e. The van der Waals surface area contributed by atoms with Crippen molar-refractivity contribution in [1.29, 1.82) is 0 Å². The Hall–Kier alpha value is -0.280. The molecular weight excluding hydrogens is 352 g/mol. The molecule has 5 rings (SSSR count). The number of epoxide rings is 1. The molecule has 12 atom stereocenters. The summed E-state index contributed by atoms with van der Waals surface area (Å²) in [4.78, 5) is 0. The highest BCUT2D eigenvalue weighted by Gasteiger charge is 2.84. The standard InChI is InChI=1S/C20H32O7/c1-16(2)15-10(27-15)11-18(4,25)9-6-5-8-12(21)19(9,7-17(8,3)24)13(22)14(23)20(11,16)26/h8-15,21-26H,5-7H2,1-4H3. The monoisotopic (exact) mass is 384 g/mol. The molecule has 0 aromatic heterocycles. The fourth-order valence-corrected chi connectivity index (χ4v) is 8.24. The molecule has 0 aromatic carbocycles. The van der Waals surface area contributed by atoms with Crippen molar-refractivity contribution in [2.75, 3.05) is 0 Å². The first-order valence-electron chi connectivity index (χ1n) is 10.1. The lowest BCUT2D eigenvalue weighted by Crippen LogP contribution is -2.64. The molecule has 1 aliphatic heterocycles. The largest absolute Gasteiger partial charge is 0.392 e. The summed E-state index contributed by atoms with van der Waals surface area (Å²) in [7, 11) is 0. The van der Waals surface area contributed by atoms with E-state index in [1.54, 1.807) is 27.7 Å². The Balaban J connectivity index is 1.74. The van der Waals surface area contributed by atoms with Gasteiger partial charge in [-0.3, -0.25) is 0 Å². The Morgan fingerprint density at radius 3 is 2.11 bits per heavy atom. The first-order chi connectivity index (χ1) is 12.3. The minimum absolute atomic E-state index is 0.0725. The fraction of sp³-hybridized carbons (Fsp3) is 1.00. The molecule has 0 aromatic rings. The molecule has 0 amide bonds. The van der Waals surface area contributed by atoms with E-state index in [0.717, 1.165) is 0 Å². The number of ether oxygens (including phenoxy) is 1. The van der Waals surface area contributed by atoms with Crippen LogP contribution in [0.1, 0.15) is 47.0 Å². The Morgan fingerprint density at radius 2 is 1.48 bits per heavy atom. The summed E-state index contributed by atoms with van der Waals surface area (Å²) in [5, 5.41) is 68.4. The number of aliphatic hydroxyl groups excluding tert-OH is 3. The Morgan fingerprint density at radius 1 is 0.852 bits per heavy atom. The number of aliphatic hydroxyl groups is 6. The maximum absolute atomic E-state index is 11.8. The van der Waals surface area contributed by atoms with E-state index in [1.165, 1.54) is 0 Å². The summed E-state index contributed by atoms with van der Waals surface area (Å²) in [6.07, 6.45) is -3.69. The van der Waals surface area contributed by atoms with E-state index >= 15 is 0 Å². The predicted octanol–water partition coefficient (Wildman–Crippen LogP) is -0.844. The van der Waals surface area contributed by atoms with Crippen LogP contribution in [0.3, 0.4) is 0 Å².